The zero-order chi connectivity index (χ0) is 27.4. The third kappa shape index (κ3) is 5.71. The van der Waals surface area contributed by atoms with Gasteiger partial charge in [-0.1, -0.05) is 25.1 Å². The summed E-state index contributed by atoms with van der Waals surface area (Å²) >= 11 is 1.28. The molecule has 0 radical (unpaired) electrons. The number of anilines is 1. The van der Waals surface area contributed by atoms with Gasteiger partial charge in [-0.05, 0) is 37.2 Å². The van der Waals surface area contributed by atoms with Gasteiger partial charge >= 0.3 is 5.97 Å². The van der Waals surface area contributed by atoms with Crippen LogP contribution in [0.5, 0.6) is 11.5 Å². The number of rotatable bonds is 9. The average molecular weight is 547 g/mol. The molecular weight excluding hydrogens is 516 g/mol. The Morgan fingerprint density at radius 3 is 2.69 bits per heavy atom. The molecule has 39 heavy (non-hydrogen) atoms. The summed E-state index contributed by atoms with van der Waals surface area (Å²) in [6.45, 7) is 4.20. The van der Waals surface area contributed by atoms with Crippen molar-refractivity contribution in [1.82, 2.24) is 14.9 Å². The van der Waals surface area contributed by atoms with Gasteiger partial charge in [-0.15, -0.1) is 11.3 Å². The van der Waals surface area contributed by atoms with Crippen molar-refractivity contribution in [2.24, 2.45) is 0 Å². The number of fused-ring (bicyclic) bond motifs is 2. The van der Waals surface area contributed by atoms with Gasteiger partial charge in [0.05, 0.1) is 31.0 Å². The maximum Gasteiger partial charge on any atom is 0.339 e. The maximum absolute atomic E-state index is 13.4. The summed E-state index contributed by atoms with van der Waals surface area (Å²) in [5.41, 5.74) is 4.56. The van der Waals surface area contributed by atoms with Crippen LogP contribution >= 0.6 is 11.3 Å². The van der Waals surface area contributed by atoms with Crippen LogP contribution in [0, 0.1) is 0 Å². The van der Waals surface area contributed by atoms with Gasteiger partial charge in [-0.2, -0.15) is 0 Å². The number of hydrogen-bond donors (Lipinski definition) is 1. The normalized spacial score (nSPS) is 13.1. The first-order chi connectivity index (χ1) is 19.0. The number of para-hydroxylation sites is 1. The lowest BCUT2D eigenvalue weighted by molar-refractivity contribution is -0.119. The van der Waals surface area contributed by atoms with Gasteiger partial charge in [0, 0.05) is 47.1 Å². The van der Waals surface area contributed by atoms with Gasteiger partial charge in [0.1, 0.15) is 0 Å². The van der Waals surface area contributed by atoms with E-state index >= 15 is 0 Å². The lowest BCUT2D eigenvalue weighted by Gasteiger charge is -2.29. The smallest absolute Gasteiger partial charge is 0.339 e. The number of carbonyl (C=O) groups is 2. The molecule has 0 unspecified atom stereocenters. The predicted molar refractivity (Wildman–Crippen MR) is 151 cm³/mol. The second-order valence-electron chi connectivity index (χ2n) is 9.19. The fourth-order valence-corrected chi connectivity index (χ4v) is 5.54. The van der Waals surface area contributed by atoms with Crippen LogP contribution in [0.3, 0.4) is 0 Å². The Bertz CT molecular complexity index is 1520. The first-order valence-electron chi connectivity index (χ1n) is 12.8. The minimum Gasteiger partial charge on any atom is -0.493 e. The summed E-state index contributed by atoms with van der Waals surface area (Å²) in [4.78, 5) is 37.7. The van der Waals surface area contributed by atoms with Gasteiger partial charge in [-0.25, -0.2) is 9.78 Å². The number of thiazole rings is 1. The van der Waals surface area contributed by atoms with Crippen molar-refractivity contribution < 1.29 is 23.8 Å². The summed E-state index contributed by atoms with van der Waals surface area (Å²) in [5.74, 6) is 0.220. The molecule has 202 valence electrons. The van der Waals surface area contributed by atoms with E-state index in [9.17, 15) is 9.59 Å². The van der Waals surface area contributed by atoms with E-state index in [1.54, 1.807) is 20.3 Å². The number of nitrogens with one attached hydrogen (secondary N) is 1. The molecule has 0 fully saturated rings. The molecule has 0 saturated carbocycles. The SMILES string of the molecule is CCCN1CCc2nc3ccccc3c(C(=O)OCC(=O)Nc3nc(-c4ccc(OC)c(OC)c4)cs3)c2C1. The minimum atomic E-state index is -0.525. The Kier molecular flexibility index (Phi) is 8.04. The van der Waals surface area contributed by atoms with Crippen LogP contribution in [0.2, 0.25) is 0 Å². The van der Waals surface area contributed by atoms with Gasteiger partial charge in [0.15, 0.2) is 23.2 Å². The second kappa shape index (κ2) is 11.8. The van der Waals surface area contributed by atoms with Crippen LogP contribution in [-0.2, 0) is 22.5 Å². The molecule has 1 aliphatic heterocycles. The average Bonchev–Trinajstić information content (AvgIpc) is 3.42. The standard InChI is InChI=1S/C29H30N4O5S/c1-4-12-33-13-11-22-20(15-33)27(19-7-5-6-8-21(19)30-22)28(35)38-16-26(34)32-29-31-23(17-39-29)18-9-10-24(36-2)25(14-18)37-3/h5-10,14,17H,4,11-13,15-16H2,1-3H3,(H,31,32,34). The first-order valence-corrected chi connectivity index (χ1v) is 13.7. The molecule has 1 aliphatic rings. The fourth-order valence-electron chi connectivity index (χ4n) is 4.80. The van der Waals surface area contributed by atoms with Crippen molar-refractivity contribution >= 4 is 39.2 Å². The summed E-state index contributed by atoms with van der Waals surface area (Å²) in [6, 6.07) is 13.0. The van der Waals surface area contributed by atoms with Crippen molar-refractivity contribution in [1.29, 1.82) is 0 Å². The second-order valence-corrected chi connectivity index (χ2v) is 10.0. The van der Waals surface area contributed by atoms with Gasteiger partial charge in [0.2, 0.25) is 0 Å². The Labute approximate surface area is 230 Å². The van der Waals surface area contributed by atoms with Crippen LogP contribution in [0.25, 0.3) is 22.2 Å². The molecule has 1 N–H and O–H groups in total. The van der Waals surface area contributed by atoms with E-state index in [0.717, 1.165) is 53.7 Å². The Morgan fingerprint density at radius 1 is 1.08 bits per heavy atom. The van der Waals surface area contributed by atoms with Crippen molar-refractivity contribution in [3.05, 3.63) is 64.7 Å². The van der Waals surface area contributed by atoms with Crippen LogP contribution in [-0.4, -0.2) is 60.7 Å². The number of hydrogen-bond acceptors (Lipinski definition) is 9. The fraction of sp³-hybridized carbons (Fsp3) is 0.310. The highest BCUT2D eigenvalue weighted by Crippen LogP contribution is 2.33. The van der Waals surface area contributed by atoms with Gasteiger partial charge < -0.3 is 14.2 Å². The lowest BCUT2D eigenvalue weighted by Crippen LogP contribution is -2.33. The van der Waals surface area contributed by atoms with Crippen LogP contribution in [0.1, 0.15) is 35.0 Å². The maximum atomic E-state index is 13.4. The van der Waals surface area contributed by atoms with E-state index in [-0.39, 0.29) is 0 Å². The highest BCUT2D eigenvalue weighted by atomic mass is 32.1. The number of aromatic nitrogens is 2. The van der Waals surface area contributed by atoms with E-state index in [1.807, 2.05) is 41.8 Å². The minimum absolute atomic E-state index is 0.405. The number of esters is 1. The summed E-state index contributed by atoms with van der Waals surface area (Å²) in [7, 11) is 3.15. The molecule has 10 heteroatoms. The third-order valence-electron chi connectivity index (χ3n) is 6.63. The zero-order valence-corrected chi connectivity index (χ0v) is 23.0. The molecule has 0 atom stereocenters. The van der Waals surface area contributed by atoms with E-state index in [2.05, 4.69) is 22.1 Å². The number of carbonyl (C=O) groups excluding carboxylic acids is 2. The van der Waals surface area contributed by atoms with Crippen molar-refractivity contribution in [2.45, 2.75) is 26.3 Å². The highest BCUT2D eigenvalue weighted by molar-refractivity contribution is 7.14. The van der Waals surface area contributed by atoms with Crippen molar-refractivity contribution in [2.75, 3.05) is 39.2 Å². The first kappa shape index (κ1) is 26.6. The molecule has 0 aliphatic carbocycles. The topological polar surface area (TPSA) is 103 Å². The Balaban J connectivity index is 1.29. The van der Waals surface area contributed by atoms with Gasteiger partial charge in [0.25, 0.3) is 5.91 Å². The van der Waals surface area contributed by atoms with Crippen LogP contribution < -0.4 is 14.8 Å². The molecule has 2 aromatic heterocycles. The van der Waals surface area contributed by atoms with Crippen molar-refractivity contribution in [3.63, 3.8) is 0 Å². The molecule has 0 spiro atoms. The zero-order valence-electron chi connectivity index (χ0n) is 22.2. The number of benzene rings is 2. The monoisotopic (exact) mass is 546 g/mol. The lowest BCUT2D eigenvalue weighted by atomic mass is 9.95. The number of nitrogens with zero attached hydrogens (tertiary/aromatic N) is 3. The number of pyridine rings is 1. The number of methoxy groups -OCH3 is 2. The van der Waals surface area contributed by atoms with E-state index in [4.69, 9.17) is 19.2 Å². The van der Waals surface area contributed by atoms with Crippen LogP contribution in [0.15, 0.2) is 47.8 Å². The summed E-state index contributed by atoms with van der Waals surface area (Å²) in [6.07, 6.45) is 1.80. The molecule has 9 nitrogen and oxygen atoms in total. The Hall–Kier alpha value is -4.02. The number of ether oxygens (including phenoxy) is 3. The summed E-state index contributed by atoms with van der Waals surface area (Å²) < 4.78 is 16.2. The quantitative estimate of drug-likeness (QED) is 0.295. The molecule has 3 heterocycles. The molecule has 5 rings (SSSR count). The predicted octanol–water partition coefficient (Wildman–Crippen LogP) is 4.94. The van der Waals surface area contributed by atoms with Gasteiger partial charge in [-0.3, -0.25) is 20.0 Å². The Morgan fingerprint density at radius 2 is 1.90 bits per heavy atom. The van der Waals surface area contributed by atoms with Crippen LogP contribution in [0.4, 0.5) is 5.13 Å². The molecular formula is C29H30N4O5S. The van der Waals surface area contributed by atoms with Crippen molar-refractivity contribution in [3.8, 4) is 22.8 Å². The molecule has 2 aromatic carbocycles. The molecule has 1 amide bonds. The largest absolute Gasteiger partial charge is 0.493 e. The molecule has 0 saturated heterocycles. The third-order valence-corrected chi connectivity index (χ3v) is 7.39. The van der Waals surface area contributed by atoms with E-state index in [1.165, 1.54) is 11.3 Å². The summed E-state index contributed by atoms with van der Waals surface area (Å²) in [5, 5.41) is 5.70. The van der Waals surface area contributed by atoms with E-state index < -0.39 is 18.5 Å². The van der Waals surface area contributed by atoms with E-state index in [0.29, 0.717) is 34.4 Å². The highest BCUT2D eigenvalue weighted by Gasteiger charge is 2.27. The number of amides is 1. The molecule has 4 aromatic rings. The molecule has 0 bridgehead atoms.